The number of carboxylic acid groups (broad SMARTS) is 1. The Hall–Kier alpha value is -3.55. The summed E-state index contributed by atoms with van der Waals surface area (Å²) in [6.07, 6.45) is 1.37. The summed E-state index contributed by atoms with van der Waals surface area (Å²) in [7, 11) is 0. The van der Waals surface area contributed by atoms with E-state index >= 15 is 0 Å². The Morgan fingerprint density at radius 1 is 1.03 bits per heavy atom. The maximum Gasteiger partial charge on any atom is 0.329 e. The molecule has 7 nitrogen and oxygen atoms in total. The van der Waals surface area contributed by atoms with Crippen molar-refractivity contribution in [1.82, 2.24) is 10.2 Å². The molecule has 0 atom stereocenters. The first kappa shape index (κ1) is 21.7. The highest BCUT2D eigenvalue weighted by Crippen LogP contribution is 2.35. The van der Waals surface area contributed by atoms with Crippen LogP contribution in [-0.2, 0) is 16.2 Å². The molecule has 3 aromatic carbocycles. The molecule has 0 aromatic heterocycles. The molecule has 1 fully saturated rings. The predicted molar refractivity (Wildman–Crippen MR) is 121 cm³/mol. The summed E-state index contributed by atoms with van der Waals surface area (Å²) < 4.78 is 5.83. The lowest BCUT2D eigenvalue weighted by Crippen LogP contribution is -2.35. The molecule has 3 amide bonds. The zero-order valence-electron chi connectivity index (χ0n) is 16.5. The normalized spacial score (nSPS) is 14.8. The third-order valence-corrected chi connectivity index (χ3v) is 5.35. The Kier molecular flexibility index (Phi) is 6.03. The first-order valence-corrected chi connectivity index (χ1v) is 10.2. The second-order valence-corrected chi connectivity index (χ2v) is 7.87. The maximum absolute atomic E-state index is 12.3. The predicted octanol–water partition coefficient (Wildman–Crippen LogP) is 4.70. The van der Waals surface area contributed by atoms with Gasteiger partial charge in [0.05, 0.1) is 10.0 Å². The lowest BCUT2D eigenvalue weighted by atomic mass is 10.1. The van der Waals surface area contributed by atoms with Crippen molar-refractivity contribution in [3.8, 4) is 5.75 Å². The van der Waals surface area contributed by atoms with Crippen molar-refractivity contribution in [2.75, 3.05) is 6.54 Å². The van der Waals surface area contributed by atoms with Crippen molar-refractivity contribution in [2.45, 2.75) is 6.61 Å². The molecule has 1 aliphatic heterocycles. The molecular formula is C23H16Cl2N2O5. The molecule has 0 bridgehead atoms. The van der Waals surface area contributed by atoms with Crippen LogP contribution in [0.3, 0.4) is 0 Å². The highest BCUT2D eigenvalue weighted by atomic mass is 35.5. The summed E-state index contributed by atoms with van der Waals surface area (Å²) in [5, 5.41) is 13.8. The Morgan fingerprint density at radius 3 is 2.41 bits per heavy atom. The number of nitrogens with one attached hydrogen (secondary N) is 1. The van der Waals surface area contributed by atoms with Gasteiger partial charge in [0, 0.05) is 0 Å². The van der Waals surface area contributed by atoms with Crippen molar-refractivity contribution < 1.29 is 24.2 Å². The molecule has 4 rings (SSSR count). The van der Waals surface area contributed by atoms with Crippen LogP contribution in [0.5, 0.6) is 5.75 Å². The first-order chi connectivity index (χ1) is 15.3. The average Bonchev–Trinajstić information content (AvgIpc) is 3.00. The zero-order valence-corrected chi connectivity index (χ0v) is 18.0. The van der Waals surface area contributed by atoms with E-state index in [1.165, 1.54) is 18.2 Å². The van der Waals surface area contributed by atoms with Crippen LogP contribution >= 0.6 is 23.2 Å². The van der Waals surface area contributed by atoms with E-state index in [9.17, 15) is 14.4 Å². The number of hydrogen-bond donors (Lipinski definition) is 2. The van der Waals surface area contributed by atoms with E-state index in [1.807, 2.05) is 42.5 Å². The van der Waals surface area contributed by atoms with E-state index < -0.39 is 24.5 Å². The molecule has 2 N–H and O–H groups in total. The first-order valence-electron chi connectivity index (χ1n) is 9.47. The van der Waals surface area contributed by atoms with Crippen LogP contribution in [0.4, 0.5) is 4.79 Å². The smallest absolute Gasteiger partial charge is 0.329 e. The number of carbonyl (C=O) groups is 3. The van der Waals surface area contributed by atoms with Gasteiger partial charge in [0.2, 0.25) is 0 Å². The lowest BCUT2D eigenvalue weighted by molar-refractivity contribution is -0.140. The van der Waals surface area contributed by atoms with Gasteiger partial charge in [-0.25, -0.2) is 9.69 Å². The number of imide groups is 1. The van der Waals surface area contributed by atoms with Gasteiger partial charge < -0.3 is 15.2 Å². The summed E-state index contributed by atoms with van der Waals surface area (Å²) >= 11 is 12.7. The van der Waals surface area contributed by atoms with Crippen molar-refractivity contribution >= 4 is 58.0 Å². The van der Waals surface area contributed by atoms with Crippen molar-refractivity contribution in [3.63, 3.8) is 0 Å². The third-order valence-electron chi connectivity index (χ3n) is 4.78. The number of nitrogens with zero attached hydrogens (tertiary/aromatic N) is 1. The van der Waals surface area contributed by atoms with Crippen molar-refractivity contribution in [1.29, 1.82) is 0 Å². The monoisotopic (exact) mass is 470 g/mol. The molecule has 3 aromatic rings. The van der Waals surface area contributed by atoms with E-state index in [4.69, 9.17) is 33.0 Å². The SMILES string of the molecule is O=C(O)CN1C(=O)N/C(=C/c2cc(Cl)c(OCc3ccc4ccccc4c3)c(Cl)c2)C1=O. The standard InChI is InChI=1S/C23H16Cl2N2O5/c24-17-8-14(10-19-22(30)27(11-20(28)29)23(31)26-19)9-18(25)21(17)32-12-13-5-6-15-3-1-2-4-16(15)7-13/h1-10H,11-12H2,(H,26,31)(H,28,29)/b19-10+. The van der Waals surface area contributed by atoms with Crippen LogP contribution < -0.4 is 10.1 Å². The molecule has 9 heteroatoms. The number of rotatable bonds is 6. The van der Waals surface area contributed by atoms with Gasteiger partial charge in [-0.1, -0.05) is 59.6 Å². The van der Waals surface area contributed by atoms with Gasteiger partial charge >= 0.3 is 12.0 Å². The number of hydrogen-bond acceptors (Lipinski definition) is 4. The largest absolute Gasteiger partial charge is 0.486 e. The van der Waals surface area contributed by atoms with Gasteiger partial charge in [-0.15, -0.1) is 0 Å². The Balaban J connectivity index is 1.52. The van der Waals surface area contributed by atoms with Gasteiger partial charge in [0.15, 0.2) is 5.75 Å². The van der Waals surface area contributed by atoms with E-state index in [1.54, 1.807) is 0 Å². The van der Waals surface area contributed by atoms with Gasteiger partial charge in [0.25, 0.3) is 5.91 Å². The maximum atomic E-state index is 12.3. The van der Waals surface area contributed by atoms with E-state index in [2.05, 4.69) is 5.32 Å². The topological polar surface area (TPSA) is 95.9 Å². The molecular weight excluding hydrogens is 455 g/mol. The van der Waals surface area contributed by atoms with E-state index in [0.717, 1.165) is 16.3 Å². The Bertz CT molecular complexity index is 1270. The number of halogens is 2. The molecule has 1 aliphatic rings. The number of aliphatic carboxylic acids is 1. The van der Waals surface area contributed by atoms with Crippen LogP contribution in [0.25, 0.3) is 16.8 Å². The van der Waals surface area contributed by atoms with Gasteiger partial charge in [-0.05, 0) is 46.2 Å². The number of benzene rings is 3. The number of carboxylic acids is 1. The van der Waals surface area contributed by atoms with E-state index in [0.29, 0.717) is 10.5 Å². The Morgan fingerprint density at radius 2 is 1.72 bits per heavy atom. The number of ether oxygens (including phenoxy) is 1. The summed E-state index contributed by atoms with van der Waals surface area (Å²) in [6.45, 7) is -0.478. The van der Waals surface area contributed by atoms with Gasteiger partial charge in [-0.2, -0.15) is 0 Å². The summed E-state index contributed by atoms with van der Waals surface area (Å²) in [4.78, 5) is 35.5. The minimum Gasteiger partial charge on any atom is -0.486 e. The number of amides is 3. The van der Waals surface area contributed by atoms with Crippen LogP contribution in [0.1, 0.15) is 11.1 Å². The van der Waals surface area contributed by atoms with Crippen molar-refractivity contribution in [2.24, 2.45) is 0 Å². The van der Waals surface area contributed by atoms with Crippen LogP contribution in [0.2, 0.25) is 10.0 Å². The third kappa shape index (κ3) is 4.54. The average molecular weight is 471 g/mol. The minimum absolute atomic E-state index is 0.0757. The highest BCUT2D eigenvalue weighted by Gasteiger charge is 2.34. The molecule has 0 saturated carbocycles. The summed E-state index contributed by atoms with van der Waals surface area (Å²) in [5.41, 5.74) is 1.31. The molecule has 0 radical (unpaired) electrons. The fourth-order valence-electron chi connectivity index (χ4n) is 3.30. The highest BCUT2D eigenvalue weighted by molar-refractivity contribution is 6.37. The zero-order chi connectivity index (χ0) is 22.8. The van der Waals surface area contributed by atoms with Crippen LogP contribution in [0.15, 0.2) is 60.3 Å². The summed E-state index contributed by atoms with van der Waals surface area (Å²) in [5.74, 6) is -1.76. The fourth-order valence-corrected chi connectivity index (χ4v) is 3.91. The van der Waals surface area contributed by atoms with Crippen molar-refractivity contribution in [3.05, 3.63) is 81.5 Å². The lowest BCUT2D eigenvalue weighted by Gasteiger charge is -2.12. The molecule has 1 heterocycles. The quantitative estimate of drug-likeness (QED) is 0.401. The second kappa shape index (κ2) is 8.90. The fraction of sp³-hybridized carbons (Fsp3) is 0.0870. The summed E-state index contributed by atoms with van der Waals surface area (Å²) in [6, 6.07) is 16.2. The minimum atomic E-state index is -1.30. The molecule has 162 valence electrons. The molecule has 0 aliphatic carbocycles. The van der Waals surface area contributed by atoms with E-state index in [-0.39, 0.29) is 28.1 Å². The van der Waals surface area contributed by atoms with Gasteiger partial charge in [-0.3, -0.25) is 9.59 Å². The number of urea groups is 1. The molecule has 1 saturated heterocycles. The second-order valence-electron chi connectivity index (χ2n) is 7.06. The van der Waals surface area contributed by atoms with Gasteiger partial charge in [0.1, 0.15) is 18.8 Å². The number of carbonyl (C=O) groups excluding carboxylic acids is 2. The van der Waals surface area contributed by atoms with Crippen LogP contribution in [0, 0.1) is 0 Å². The molecule has 32 heavy (non-hydrogen) atoms. The number of fused-ring (bicyclic) bond motifs is 1. The Labute approximate surface area is 192 Å². The molecule has 0 spiro atoms. The van der Waals surface area contributed by atoms with Crippen LogP contribution in [-0.4, -0.2) is 34.5 Å². The molecule has 0 unspecified atom stereocenters.